The van der Waals surface area contributed by atoms with E-state index in [0.717, 1.165) is 25.3 Å². The Hall–Kier alpha value is -0.940. The number of nitrogens with zero attached hydrogens (tertiary/aromatic N) is 3. The SMILES string of the molecule is COCc1cn(CC2CCCNC2)nn1. The molecule has 0 amide bonds. The van der Waals surface area contributed by atoms with Crippen molar-refractivity contribution in [1.29, 1.82) is 0 Å². The van der Waals surface area contributed by atoms with Crippen LogP contribution >= 0.6 is 0 Å². The van der Waals surface area contributed by atoms with Crippen molar-refractivity contribution in [2.45, 2.75) is 26.0 Å². The van der Waals surface area contributed by atoms with Crippen molar-refractivity contribution in [1.82, 2.24) is 20.3 Å². The summed E-state index contributed by atoms with van der Waals surface area (Å²) in [5.41, 5.74) is 0.904. The van der Waals surface area contributed by atoms with Crippen LogP contribution in [0.3, 0.4) is 0 Å². The molecule has 1 unspecified atom stereocenters. The van der Waals surface area contributed by atoms with Crippen molar-refractivity contribution in [2.75, 3.05) is 20.2 Å². The molecule has 0 radical (unpaired) electrons. The molecule has 15 heavy (non-hydrogen) atoms. The van der Waals surface area contributed by atoms with Crippen LogP contribution in [-0.4, -0.2) is 35.2 Å². The van der Waals surface area contributed by atoms with Gasteiger partial charge in [-0.1, -0.05) is 5.21 Å². The Balaban J connectivity index is 1.86. The number of rotatable bonds is 4. The van der Waals surface area contributed by atoms with Gasteiger partial charge in [0.2, 0.25) is 0 Å². The van der Waals surface area contributed by atoms with Crippen LogP contribution in [0.4, 0.5) is 0 Å². The first-order valence-corrected chi connectivity index (χ1v) is 5.47. The molecule has 1 fully saturated rings. The summed E-state index contributed by atoms with van der Waals surface area (Å²) in [7, 11) is 1.67. The number of nitrogens with one attached hydrogen (secondary N) is 1. The Morgan fingerprint density at radius 3 is 3.33 bits per heavy atom. The van der Waals surface area contributed by atoms with Crippen LogP contribution in [0.1, 0.15) is 18.5 Å². The molecule has 0 spiro atoms. The van der Waals surface area contributed by atoms with Gasteiger partial charge in [-0.2, -0.15) is 0 Å². The highest BCUT2D eigenvalue weighted by Gasteiger charge is 2.14. The summed E-state index contributed by atoms with van der Waals surface area (Å²) in [5.74, 6) is 0.691. The van der Waals surface area contributed by atoms with Crippen LogP contribution in [0.2, 0.25) is 0 Å². The van der Waals surface area contributed by atoms with Crippen LogP contribution in [0, 0.1) is 5.92 Å². The lowest BCUT2D eigenvalue weighted by atomic mass is 10.00. The second kappa shape index (κ2) is 5.23. The lowest BCUT2D eigenvalue weighted by Gasteiger charge is -2.22. The van der Waals surface area contributed by atoms with Crippen molar-refractivity contribution >= 4 is 0 Å². The lowest BCUT2D eigenvalue weighted by molar-refractivity contribution is 0.181. The molecule has 2 heterocycles. The van der Waals surface area contributed by atoms with Gasteiger partial charge in [0.15, 0.2) is 0 Å². The molecule has 84 valence electrons. The lowest BCUT2D eigenvalue weighted by Crippen LogP contribution is -2.32. The summed E-state index contributed by atoms with van der Waals surface area (Å²) >= 11 is 0. The van der Waals surface area contributed by atoms with E-state index < -0.39 is 0 Å². The van der Waals surface area contributed by atoms with Crippen LogP contribution in [-0.2, 0) is 17.9 Å². The van der Waals surface area contributed by atoms with Crippen LogP contribution in [0.5, 0.6) is 0 Å². The molecule has 0 bridgehead atoms. The molecule has 0 saturated carbocycles. The summed E-state index contributed by atoms with van der Waals surface area (Å²) < 4.78 is 6.93. The number of hydrogen-bond acceptors (Lipinski definition) is 4. The summed E-state index contributed by atoms with van der Waals surface area (Å²) in [6.45, 7) is 3.76. The minimum absolute atomic E-state index is 0.545. The first kappa shape index (κ1) is 10.6. The smallest absolute Gasteiger partial charge is 0.108 e. The van der Waals surface area contributed by atoms with Crippen molar-refractivity contribution in [3.8, 4) is 0 Å². The fraction of sp³-hybridized carbons (Fsp3) is 0.800. The van der Waals surface area contributed by atoms with Crippen LogP contribution < -0.4 is 5.32 Å². The fourth-order valence-corrected chi connectivity index (χ4v) is 1.99. The van der Waals surface area contributed by atoms with Crippen molar-refractivity contribution < 1.29 is 4.74 Å². The minimum Gasteiger partial charge on any atom is -0.378 e. The quantitative estimate of drug-likeness (QED) is 0.782. The number of ether oxygens (including phenoxy) is 1. The molecule has 1 N–H and O–H groups in total. The van der Waals surface area contributed by atoms with Crippen molar-refractivity contribution in [3.63, 3.8) is 0 Å². The van der Waals surface area contributed by atoms with Gasteiger partial charge in [0.25, 0.3) is 0 Å². The first-order chi connectivity index (χ1) is 7.38. The van der Waals surface area contributed by atoms with E-state index in [1.807, 2.05) is 10.9 Å². The Morgan fingerprint density at radius 1 is 1.67 bits per heavy atom. The highest BCUT2D eigenvalue weighted by molar-refractivity contribution is 4.89. The van der Waals surface area contributed by atoms with E-state index in [2.05, 4.69) is 15.6 Å². The topological polar surface area (TPSA) is 52.0 Å². The maximum absolute atomic E-state index is 5.00. The molecule has 2 rings (SSSR count). The van der Waals surface area contributed by atoms with Crippen molar-refractivity contribution in [2.24, 2.45) is 5.92 Å². The third kappa shape index (κ3) is 3.00. The van der Waals surface area contributed by atoms with Crippen molar-refractivity contribution in [3.05, 3.63) is 11.9 Å². The molecular formula is C10H18N4O. The number of methoxy groups -OCH3 is 1. The molecule has 1 saturated heterocycles. The zero-order chi connectivity index (χ0) is 10.5. The van der Waals surface area contributed by atoms with Crippen LogP contribution in [0.15, 0.2) is 6.20 Å². The Morgan fingerprint density at radius 2 is 2.60 bits per heavy atom. The normalized spacial score (nSPS) is 21.8. The Bertz CT molecular complexity index is 293. The maximum Gasteiger partial charge on any atom is 0.108 e. The summed E-state index contributed by atoms with van der Waals surface area (Å²) in [6.07, 6.45) is 4.52. The summed E-state index contributed by atoms with van der Waals surface area (Å²) in [4.78, 5) is 0. The van der Waals surface area contributed by atoms with Gasteiger partial charge in [-0.15, -0.1) is 5.10 Å². The van der Waals surface area contributed by atoms with E-state index in [1.165, 1.54) is 12.8 Å². The molecular weight excluding hydrogens is 192 g/mol. The molecule has 1 atom stereocenters. The molecule has 1 aromatic heterocycles. The van der Waals surface area contributed by atoms with Crippen LogP contribution in [0.25, 0.3) is 0 Å². The Labute approximate surface area is 89.8 Å². The maximum atomic E-state index is 5.00. The van der Waals surface area contributed by atoms with Gasteiger partial charge >= 0.3 is 0 Å². The van der Waals surface area contributed by atoms with Gasteiger partial charge in [-0.05, 0) is 31.8 Å². The highest BCUT2D eigenvalue weighted by atomic mass is 16.5. The fourth-order valence-electron chi connectivity index (χ4n) is 1.99. The molecule has 1 aliphatic heterocycles. The van der Waals surface area contributed by atoms with E-state index in [1.54, 1.807) is 7.11 Å². The Kier molecular flexibility index (Phi) is 3.69. The summed E-state index contributed by atoms with van der Waals surface area (Å²) in [5, 5.41) is 11.5. The number of piperidine rings is 1. The van der Waals surface area contributed by atoms with Gasteiger partial charge in [-0.25, -0.2) is 0 Å². The van der Waals surface area contributed by atoms with Gasteiger partial charge in [0.05, 0.1) is 12.8 Å². The van der Waals surface area contributed by atoms with E-state index in [-0.39, 0.29) is 0 Å². The third-order valence-corrected chi connectivity index (χ3v) is 2.72. The number of hydrogen-bond donors (Lipinski definition) is 1. The molecule has 5 heteroatoms. The molecule has 0 aliphatic carbocycles. The average Bonchev–Trinajstić information content (AvgIpc) is 2.68. The monoisotopic (exact) mass is 210 g/mol. The zero-order valence-corrected chi connectivity index (χ0v) is 9.15. The minimum atomic E-state index is 0.545. The molecule has 0 aromatic carbocycles. The van der Waals surface area contributed by atoms with E-state index >= 15 is 0 Å². The largest absolute Gasteiger partial charge is 0.378 e. The summed E-state index contributed by atoms with van der Waals surface area (Å²) in [6, 6.07) is 0. The first-order valence-electron chi connectivity index (χ1n) is 5.47. The predicted molar refractivity (Wildman–Crippen MR) is 56.3 cm³/mol. The van der Waals surface area contributed by atoms with E-state index in [0.29, 0.717) is 12.5 Å². The molecule has 5 nitrogen and oxygen atoms in total. The number of aromatic nitrogens is 3. The standard InChI is InChI=1S/C10H18N4O/c1-15-8-10-7-14(13-12-10)6-9-3-2-4-11-5-9/h7,9,11H,2-6,8H2,1H3. The molecule has 1 aliphatic rings. The van der Waals surface area contributed by atoms with Gasteiger partial charge < -0.3 is 10.1 Å². The van der Waals surface area contributed by atoms with Gasteiger partial charge in [0, 0.05) is 13.7 Å². The van der Waals surface area contributed by atoms with Gasteiger partial charge in [-0.3, -0.25) is 4.68 Å². The third-order valence-electron chi connectivity index (χ3n) is 2.72. The van der Waals surface area contributed by atoms with Gasteiger partial charge in [0.1, 0.15) is 5.69 Å². The zero-order valence-electron chi connectivity index (χ0n) is 9.15. The van der Waals surface area contributed by atoms with E-state index in [4.69, 9.17) is 4.74 Å². The molecule has 1 aromatic rings. The second-order valence-corrected chi connectivity index (χ2v) is 4.08. The predicted octanol–water partition coefficient (Wildman–Crippen LogP) is 0.424. The highest BCUT2D eigenvalue weighted by Crippen LogP contribution is 2.11. The average molecular weight is 210 g/mol. The second-order valence-electron chi connectivity index (χ2n) is 4.08. The van der Waals surface area contributed by atoms with E-state index in [9.17, 15) is 0 Å².